The first-order valence-corrected chi connectivity index (χ1v) is 17.6. The highest BCUT2D eigenvalue weighted by atomic mass is 32.2. The Morgan fingerprint density at radius 1 is 0.826 bits per heavy atom. The number of ether oxygens (including phenoxy) is 2. The minimum Gasteiger partial charge on any atom is -0.444 e. The molecule has 2 rings (SSSR count). The zero-order chi connectivity index (χ0) is 34.7. The van der Waals surface area contributed by atoms with E-state index in [-0.39, 0.29) is 32.3 Å². The van der Waals surface area contributed by atoms with E-state index in [1.165, 1.54) is 0 Å². The average Bonchev–Trinajstić information content (AvgIpc) is 2.91. The van der Waals surface area contributed by atoms with Crippen LogP contribution in [0.25, 0.3) is 0 Å². The maximum atomic E-state index is 11.9. The second-order valence-electron chi connectivity index (χ2n) is 13.6. The Morgan fingerprint density at radius 3 is 1.61 bits per heavy atom. The van der Waals surface area contributed by atoms with Crippen molar-refractivity contribution in [1.29, 1.82) is 0 Å². The number of rotatable bonds is 9. The van der Waals surface area contributed by atoms with Crippen LogP contribution in [0, 0.1) is 36.5 Å². The van der Waals surface area contributed by atoms with Crippen molar-refractivity contribution < 1.29 is 31.7 Å². The summed E-state index contributed by atoms with van der Waals surface area (Å²) >= 11 is 0. The zero-order valence-electron chi connectivity index (χ0n) is 29.8. The summed E-state index contributed by atoms with van der Waals surface area (Å²) in [5, 5.41) is 3.32. The summed E-state index contributed by atoms with van der Waals surface area (Å²) < 4.78 is 35.4. The fourth-order valence-electron chi connectivity index (χ4n) is 4.53. The van der Waals surface area contributed by atoms with Gasteiger partial charge in [-0.15, -0.1) is 24.7 Å². The third-order valence-corrected chi connectivity index (χ3v) is 7.35. The molecule has 2 aliphatic heterocycles. The molecule has 0 aromatic carbocycles. The van der Waals surface area contributed by atoms with Crippen molar-refractivity contribution in [2.24, 2.45) is 11.8 Å². The van der Waals surface area contributed by atoms with Crippen LogP contribution in [-0.2, 0) is 23.8 Å². The first-order chi connectivity index (χ1) is 20.8. The Hall–Kier alpha value is -2.16. The second kappa shape index (κ2) is 23.2. The summed E-state index contributed by atoms with van der Waals surface area (Å²) in [5.41, 5.74) is -0.830. The molecule has 0 aliphatic carbocycles. The van der Waals surface area contributed by atoms with Crippen molar-refractivity contribution in [1.82, 2.24) is 20.0 Å². The number of piperidine rings is 2. The smallest absolute Gasteiger partial charge is 0.410 e. The van der Waals surface area contributed by atoms with Gasteiger partial charge in [0, 0.05) is 46.6 Å². The number of hydrogen-bond acceptors (Lipinski definition) is 9. The number of carbonyl (C=O) groups is 2. The van der Waals surface area contributed by atoms with Crippen LogP contribution in [0.5, 0.6) is 0 Å². The van der Waals surface area contributed by atoms with E-state index in [2.05, 4.69) is 26.2 Å². The molecule has 2 aliphatic rings. The molecule has 2 fully saturated rings. The maximum Gasteiger partial charge on any atom is 0.410 e. The number of amides is 2. The number of nitrogens with one attached hydrogen (secondary N) is 1. The van der Waals surface area contributed by atoms with Gasteiger partial charge >= 0.3 is 12.2 Å². The van der Waals surface area contributed by atoms with E-state index in [1.807, 2.05) is 55.6 Å². The Bertz CT molecular complexity index is 1050. The fraction of sp³-hybridized carbons (Fsp3) is 0.818. The molecule has 0 atom stereocenters. The molecular formula is C33H62N4O7S2. The SMILES string of the molecule is C#CCCN1CCC(CN(C)C(=O)OC(C)(C)C)CC1.C#CCCOS(C)(=O)=O.CN(CC1CCNCC1)C(=O)OC(C)(C)C.S. The molecule has 13 heteroatoms. The third kappa shape index (κ3) is 26.0. The van der Waals surface area contributed by atoms with Crippen LogP contribution in [0.2, 0.25) is 0 Å². The largest absolute Gasteiger partial charge is 0.444 e. The van der Waals surface area contributed by atoms with E-state index < -0.39 is 21.3 Å². The molecule has 0 spiro atoms. The van der Waals surface area contributed by atoms with Gasteiger partial charge in [0.15, 0.2) is 0 Å². The number of carbonyl (C=O) groups excluding carboxylic acids is 2. The first kappa shape index (κ1) is 46.0. The van der Waals surface area contributed by atoms with Gasteiger partial charge in [-0.05, 0) is 105 Å². The predicted octanol–water partition coefficient (Wildman–Crippen LogP) is 4.54. The molecule has 0 aromatic rings. The number of hydrogen-bond donors (Lipinski definition) is 1. The lowest BCUT2D eigenvalue weighted by atomic mass is 9.96. The van der Waals surface area contributed by atoms with Gasteiger partial charge < -0.3 is 29.5 Å². The summed E-state index contributed by atoms with van der Waals surface area (Å²) in [6, 6.07) is 0. The molecule has 0 radical (unpaired) electrons. The topological polar surface area (TPSA) is 118 Å². The van der Waals surface area contributed by atoms with E-state index >= 15 is 0 Å². The van der Waals surface area contributed by atoms with E-state index in [0.29, 0.717) is 18.3 Å². The molecule has 0 saturated carbocycles. The van der Waals surface area contributed by atoms with Crippen LogP contribution >= 0.6 is 13.5 Å². The highest BCUT2D eigenvalue weighted by Gasteiger charge is 2.25. The predicted molar refractivity (Wildman–Crippen MR) is 191 cm³/mol. The quantitative estimate of drug-likeness (QED) is 0.212. The second-order valence-corrected chi connectivity index (χ2v) is 15.3. The minimum atomic E-state index is -3.29. The van der Waals surface area contributed by atoms with Crippen LogP contribution in [0.4, 0.5) is 9.59 Å². The average molecular weight is 691 g/mol. The van der Waals surface area contributed by atoms with E-state index in [9.17, 15) is 18.0 Å². The highest BCUT2D eigenvalue weighted by molar-refractivity contribution is 7.85. The Morgan fingerprint density at radius 2 is 1.24 bits per heavy atom. The zero-order valence-corrected chi connectivity index (χ0v) is 31.6. The van der Waals surface area contributed by atoms with Crippen molar-refractivity contribution in [3.05, 3.63) is 0 Å². The molecule has 46 heavy (non-hydrogen) atoms. The van der Waals surface area contributed by atoms with Gasteiger partial charge in [-0.2, -0.15) is 21.9 Å². The lowest BCUT2D eigenvalue weighted by Gasteiger charge is -2.34. The van der Waals surface area contributed by atoms with Crippen LogP contribution < -0.4 is 5.32 Å². The van der Waals surface area contributed by atoms with Gasteiger partial charge in [0.2, 0.25) is 0 Å². The lowest BCUT2D eigenvalue weighted by molar-refractivity contribution is 0.0245. The van der Waals surface area contributed by atoms with E-state index in [1.54, 1.807) is 9.80 Å². The van der Waals surface area contributed by atoms with Gasteiger partial charge in [-0.1, -0.05) is 0 Å². The van der Waals surface area contributed by atoms with Crippen LogP contribution in [-0.4, -0.2) is 119 Å². The number of terminal acetylenes is 2. The van der Waals surface area contributed by atoms with Crippen LogP contribution in [0.1, 0.15) is 80.1 Å². The molecule has 0 unspecified atom stereocenters. The number of nitrogens with zero attached hydrogens (tertiary/aromatic N) is 3. The molecule has 0 aromatic heterocycles. The molecule has 11 nitrogen and oxygen atoms in total. The summed E-state index contributed by atoms with van der Waals surface area (Å²) in [6.45, 7) is 18.3. The molecular weight excluding hydrogens is 629 g/mol. The van der Waals surface area contributed by atoms with Crippen molar-refractivity contribution in [3.8, 4) is 24.7 Å². The van der Waals surface area contributed by atoms with Crippen molar-refractivity contribution in [3.63, 3.8) is 0 Å². The Balaban J connectivity index is 0. The maximum absolute atomic E-state index is 11.9. The fourth-order valence-corrected chi connectivity index (χ4v) is 4.92. The highest BCUT2D eigenvalue weighted by Crippen LogP contribution is 2.19. The lowest BCUT2D eigenvalue weighted by Crippen LogP contribution is -2.41. The van der Waals surface area contributed by atoms with Crippen molar-refractivity contribution in [2.45, 2.75) is 91.3 Å². The number of likely N-dealkylation sites (tertiary alicyclic amines) is 1. The normalized spacial score (nSPS) is 16.1. The Labute approximate surface area is 287 Å². The van der Waals surface area contributed by atoms with Crippen molar-refractivity contribution >= 4 is 35.8 Å². The molecule has 2 amide bonds. The summed E-state index contributed by atoms with van der Waals surface area (Å²) in [7, 11) is 0.342. The molecule has 2 heterocycles. The molecule has 268 valence electrons. The molecule has 0 bridgehead atoms. The van der Waals surface area contributed by atoms with Gasteiger partial charge in [0.25, 0.3) is 10.1 Å². The van der Waals surface area contributed by atoms with Gasteiger partial charge in [0.05, 0.1) is 12.9 Å². The van der Waals surface area contributed by atoms with Gasteiger partial charge in [-0.3, -0.25) is 4.18 Å². The summed E-state index contributed by atoms with van der Waals surface area (Å²) in [6.07, 6.45) is 16.4. The van der Waals surface area contributed by atoms with Gasteiger partial charge in [-0.25, -0.2) is 9.59 Å². The van der Waals surface area contributed by atoms with E-state index in [4.69, 9.17) is 22.3 Å². The third-order valence-electron chi connectivity index (χ3n) is 6.76. The summed E-state index contributed by atoms with van der Waals surface area (Å²) in [4.78, 5) is 29.4. The Kier molecular flexibility index (Phi) is 23.2. The van der Waals surface area contributed by atoms with Gasteiger partial charge in [0.1, 0.15) is 11.2 Å². The van der Waals surface area contributed by atoms with E-state index in [0.717, 1.165) is 84.2 Å². The first-order valence-electron chi connectivity index (χ1n) is 15.8. The van der Waals surface area contributed by atoms with Crippen LogP contribution in [0.3, 0.4) is 0 Å². The van der Waals surface area contributed by atoms with Crippen LogP contribution in [0.15, 0.2) is 0 Å². The molecule has 2 saturated heterocycles. The molecule has 1 N–H and O–H groups in total. The summed E-state index contributed by atoms with van der Waals surface area (Å²) in [5.74, 6) is 6.11. The standard InChI is InChI=1S/C16H28N2O2.C12H24N2O2.C5H8O3S.H2S/c1-6-7-10-18-11-8-14(9-12-18)13-17(5)15(19)20-16(2,3)4;1-12(2,3)16-11(15)14(4)9-10-5-7-13-8-6-10;1-3-4-5-8-9(2,6)7;/h1,14H,7-13H2,2-5H3;10,13H,5-9H2,1-4H3;1H,4-5H2,2H3;1H2. The monoisotopic (exact) mass is 690 g/mol. The minimum absolute atomic E-state index is 0. The van der Waals surface area contributed by atoms with Crippen molar-refractivity contribution in [2.75, 3.05) is 72.8 Å².